The quantitative estimate of drug-likeness (QED) is 0.840. The van der Waals surface area contributed by atoms with Crippen molar-refractivity contribution in [3.63, 3.8) is 0 Å². The van der Waals surface area contributed by atoms with Crippen molar-refractivity contribution in [3.8, 4) is 0 Å². The summed E-state index contributed by atoms with van der Waals surface area (Å²) in [5.41, 5.74) is -0.580. The fourth-order valence-corrected chi connectivity index (χ4v) is 2.80. The Morgan fingerprint density at radius 3 is 2.59 bits per heavy atom. The average Bonchev–Trinajstić information content (AvgIpc) is 2.63. The van der Waals surface area contributed by atoms with Crippen molar-refractivity contribution in [1.82, 2.24) is 9.88 Å². The molecule has 1 saturated heterocycles. The Bertz CT molecular complexity index is 875. The SMILES string of the molecule is O=C(Nc1ccccc1Cl)N1CCN(c2ccnc(C(F)(F)F)c2)C(=O)C1. The molecule has 1 fully saturated rings. The smallest absolute Gasteiger partial charge is 0.313 e. The number of pyridine rings is 1. The molecule has 1 aromatic heterocycles. The molecule has 3 rings (SSSR count). The van der Waals surface area contributed by atoms with E-state index >= 15 is 0 Å². The Hall–Kier alpha value is -2.81. The van der Waals surface area contributed by atoms with E-state index in [2.05, 4.69) is 10.3 Å². The lowest BCUT2D eigenvalue weighted by atomic mass is 10.2. The lowest BCUT2D eigenvalue weighted by molar-refractivity contribution is -0.141. The van der Waals surface area contributed by atoms with Crippen LogP contribution in [0.2, 0.25) is 5.02 Å². The summed E-state index contributed by atoms with van der Waals surface area (Å²) < 4.78 is 38.4. The molecule has 10 heteroatoms. The Labute approximate surface area is 157 Å². The van der Waals surface area contributed by atoms with Gasteiger partial charge in [-0.1, -0.05) is 23.7 Å². The van der Waals surface area contributed by atoms with Crippen LogP contribution in [0.4, 0.5) is 29.3 Å². The summed E-state index contributed by atoms with van der Waals surface area (Å²) in [5, 5.41) is 2.96. The Morgan fingerprint density at radius 1 is 1.19 bits per heavy atom. The van der Waals surface area contributed by atoms with E-state index in [1.807, 2.05) is 0 Å². The number of carbonyl (C=O) groups is 2. The van der Waals surface area contributed by atoms with E-state index in [1.165, 1.54) is 15.9 Å². The van der Waals surface area contributed by atoms with Gasteiger partial charge in [-0.05, 0) is 24.3 Å². The van der Waals surface area contributed by atoms with Gasteiger partial charge < -0.3 is 15.1 Å². The molecule has 142 valence electrons. The summed E-state index contributed by atoms with van der Waals surface area (Å²) in [6.45, 7) is -0.0399. The molecule has 0 bridgehead atoms. The molecule has 1 aromatic carbocycles. The molecule has 0 unspecified atom stereocenters. The van der Waals surface area contributed by atoms with Crippen molar-refractivity contribution in [1.29, 1.82) is 0 Å². The number of hydrogen-bond acceptors (Lipinski definition) is 3. The van der Waals surface area contributed by atoms with Crippen molar-refractivity contribution in [2.24, 2.45) is 0 Å². The summed E-state index contributed by atoms with van der Waals surface area (Å²) >= 11 is 5.98. The highest BCUT2D eigenvalue weighted by Crippen LogP contribution is 2.30. The van der Waals surface area contributed by atoms with Gasteiger partial charge in [0, 0.05) is 25.0 Å². The average molecular weight is 399 g/mol. The van der Waals surface area contributed by atoms with E-state index in [4.69, 9.17) is 11.6 Å². The van der Waals surface area contributed by atoms with E-state index in [0.717, 1.165) is 12.3 Å². The van der Waals surface area contributed by atoms with E-state index in [1.54, 1.807) is 24.3 Å². The molecule has 27 heavy (non-hydrogen) atoms. The zero-order valence-corrected chi connectivity index (χ0v) is 14.6. The van der Waals surface area contributed by atoms with Crippen molar-refractivity contribution in [2.75, 3.05) is 29.9 Å². The van der Waals surface area contributed by atoms with E-state index in [9.17, 15) is 22.8 Å². The van der Waals surface area contributed by atoms with Gasteiger partial charge in [-0.25, -0.2) is 4.79 Å². The van der Waals surface area contributed by atoms with Crippen molar-refractivity contribution >= 4 is 34.9 Å². The van der Waals surface area contributed by atoms with Gasteiger partial charge in [-0.2, -0.15) is 13.2 Å². The number of benzene rings is 1. The number of halogens is 4. The van der Waals surface area contributed by atoms with E-state index in [0.29, 0.717) is 10.7 Å². The van der Waals surface area contributed by atoms with Gasteiger partial charge in [0.05, 0.1) is 10.7 Å². The summed E-state index contributed by atoms with van der Waals surface area (Å²) in [7, 11) is 0. The number of rotatable bonds is 2. The Balaban J connectivity index is 1.68. The largest absolute Gasteiger partial charge is 0.433 e. The van der Waals surface area contributed by atoms with Crippen LogP contribution in [0, 0.1) is 0 Å². The van der Waals surface area contributed by atoms with Gasteiger partial charge in [0.2, 0.25) is 5.91 Å². The Morgan fingerprint density at radius 2 is 1.93 bits per heavy atom. The first kappa shape index (κ1) is 19.0. The number of aromatic nitrogens is 1. The minimum absolute atomic E-state index is 0.0656. The maximum atomic E-state index is 12.8. The topological polar surface area (TPSA) is 65.5 Å². The normalized spacial score (nSPS) is 15.0. The first-order valence-corrected chi connectivity index (χ1v) is 8.27. The maximum Gasteiger partial charge on any atom is 0.433 e. The van der Waals surface area contributed by atoms with E-state index < -0.39 is 23.8 Å². The fourth-order valence-electron chi connectivity index (χ4n) is 2.62. The van der Waals surface area contributed by atoms with Crippen LogP contribution in [0.3, 0.4) is 0 Å². The second-order valence-corrected chi connectivity index (χ2v) is 6.18. The number of amides is 3. The van der Waals surface area contributed by atoms with Crippen molar-refractivity contribution in [3.05, 3.63) is 53.3 Å². The first-order chi connectivity index (χ1) is 12.8. The first-order valence-electron chi connectivity index (χ1n) is 7.90. The van der Waals surface area contributed by atoms with Crippen LogP contribution in [0.5, 0.6) is 0 Å². The summed E-state index contributed by atoms with van der Waals surface area (Å²) in [6.07, 6.45) is -3.60. The molecule has 1 N–H and O–H groups in total. The molecule has 0 saturated carbocycles. The number of hydrogen-bond donors (Lipinski definition) is 1. The van der Waals surface area contributed by atoms with Crippen LogP contribution >= 0.6 is 11.6 Å². The minimum Gasteiger partial charge on any atom is -0.313 e. The number of para-hydroxylation sites is 1. The molecule has 0 spiro atoms. The molecule has 0 aliphatic carbocycles. The lowest BCUT2D eigenvalue weighted by Crippen LogP contribution is -2.53. The van der Waals surface area contributed by atoms with Gasteiger partial charge in [0.15, 0.2) is 0 Å². The Kier molecular flexibility index (Phi) is 5.22. The van der Waals surface area contributed by atoms with Gasteiger partial charge in [0.25, 0.3) is 0 Å². The van der Waals surface area contributed by atoms with Gasteiger partial charge in [-0.3, -0.25) is 9.78 Å². The second-order valence-electron chi connectivity index (χ2n) is 5.77. The minimum atomic E-state index is -4.60. The number of alkyl halides is 3. The highest BCUT2D eigenvalue weighted by molar-refractivity contribution is 6.33. The number of anilines is 2. The number of urea groups is 1. The zero-order valence-electron chi connectivity index (χ0n) is 13.8. The fraction of sp³-hybridized carbons (Fsp3) is 0.235. The number of nitrogens with one attached hydrogen (secondary N) is 1. The summed E-state index contributed by atoms with van der Waals surface area (Å²) in [6, 6.07) is 8.28. The molecular formula is C17H14ClF3N4O2. The summed E-state index contributed by atoms with van der Waals surface area (Å²) in [4.78, 5) is 30.4. The van der Waals surface area contributed by atoms with Crippen LogP contribution in [-0.4, -0.2) is 41.5 Å². The molecule has 3 amide bonds. The zero-order chi connectivity index (χ0) is 19.6. The van der Waals surface area contributed by atoms with Crippen LogP contribution in [0.1, 0.15) is 5.69 Å². The van der Waals surface area contributed by atoms with Crippen LogP contribution < -0.4 is 10.2 Å². The standard InChI is InChI=1S/C17H14ClF3N4O2/c18-12-3-1-2-4-13(12)23-16(27)24-7-8-25(15(26)10-24)11-5-6-22-14(9-11)17(19,20)21/h1-6,9H,7-8,10H2,(H,23,27). The number of carbonyl (C=O) groups excluding carboxylic acids is 2. The number of piperazine rings is 1. The maximum absolute atomic E-state index is 12.8. The van der Waals surface area contributed by atoms with E-state index in [-0.39, 0.29) is 25.3 Å². The van der Waals surface area contributed by atoms with Gasteiger partial charge >= 0.3 is 12.2 Å². The molecule has 1 aliphatic heterocycles. The third-order valence-corrected chi connectivity index (χ3v) is 4.30. The molecule has 2 heterocycles. The molecule has 0 radical (unpaired) electrons. The van der Waals surface area contributed by atoms with Crippen LogP contribution in [0.25, 0.3) is 0 Å². The second kappa shape index (κ2) is 7.43. The van der Waals surface area contributed by atoms with Crippen LogP contribution in [0.15, 0.2) is 42.6 Å². The van der Waals surface area contributed by atoms with Gasteiger partial charge in [-0.15, -0.1) is 0 Å². The molecule has 2 aromatic rings. The number of nitrogens with zero attached hydrogens (tertiary/aromatic N) is 3. The van der Waals surface area contributed by atoms with Crippen molar-refractivity contribution in [2.45, 2.75) is 6.18 Å². The molecule has 6 nitrogen and oxygen atoms in total. The monoisotopic (exact) mass is 398 g/mol. The third-order valence-electron chi connectivity index (χ3n) is 3.97. The predicted molar refractivity (Wildman–Crippen MR) is 93.6 cm³/mol. The lowest BCUT2D eigenvalue weighted by Gasteiger charge is -2.34. The molecule has 1 aliphatic rings. The van der Waals surface area contributed by atoms with Crippen molar-refractivity contribution < 1.29 is 22.8 Å². The highest BCUT2D eigenvalue weighted by atomic mass is 35.5. The van der Waals surface area contributed by atoms with Crippen LogP contribution in [-0.2, 0) is 11.0 Å². The molecule has 0 atom stereocenters. The summed E-state index contributed by atoms with van der Waals surface area (Å²) in [5.74, 6) is -0.491. The third kappa shape index (κ3) is 4.30. The molecular weight excluding hydrogens is 385 g/mol. The predicted octanol–water partition coefficient (Wildman–Crippen LogP) is 3.63. The highest BCUT2D eigenvalue weighted by Gasteiger charge is 2.34. The van der Waals surface area contributed by atoms with Gasteiger partial charge in [0.1, 0.15) is 12.2 Å².